The number of benzene rings is 2. The zero-order valence-corrected chi connectivity index (χ0v) is 11.2. The van der Waals surface area contributed by atoms with E-state index in [9.17, 15) is 18.0 Å². The van der Waals surface area contributed by atoms with E-state index >= 15 is 0 Å². The molecule has 0 N–H and O–H groups in total. The van der Waals surface area contributed by atoms with Gasteiger partial charge in [0.25, 0.3) is 5.91 Å². The van der Waals surface area contributed by atoms with Gasteiger partial charge in [-0.3, -0.25) is 9.36 Å². The zero-order valence-electron chi connectivity index (χ0n) is 11.2. The normalized spacial score (nSPS) is 11.6. The first-order valence-corrected chi connectivity index (χ1v) is 6.41. The summed E-state index contributed by atoms with van der Waals surface area (Å²) in [6, 6.07) is 14.0. The third-order valence-corrected chi connectivity index (χ3v) is 3.15. The molecule has 3 rings (SSSR count). The number of hydrogen-bond acceptors (Lipinski definition) is 2. The Labute approximate surface area is 123 Å². The van der Waals surface area contributed by atoms with E-state index in [4.69, 9.17) is 0 Å². The number of ether oxygens (including phenoxy) is 1. The number of alkyl halides is 3. The van der Waals surface area contributed by atoms with Gasteiger partial charge in [0.1, 0.15) is 5.75 Å². The second-order valence-corrected chi connectivity index (χ2v) is 4.62. The molecule has 0 unspecified atom stereocenters. The lowest BCUT2D eigenvalue weighted by molar-refractivity contribution is -0.274. The SMILES string of the molecule is O=C(c1ccc(OC(F)(F)F)cc1)n1ccc2ccccc21. The van der Waals surface area contributed by atoms with Crippen molar-refractivity contribution >= 4 is 16.8 Å². The summed E-state index contributed by atoms with van der Waals surface area (Å²) in [5.74, 6) is -0.679. The summed E-state index contributed by atoms with van der Waals surface area (Å²) in [7, 11) is 0. The number of carbonyl (C=O) groups excluding carboxylic acids is 1. The molecule has 0 atom stereocenters. The molecule has 2 aromatic carbocycles. The van der Waals surface area contributed by atoms with Gasteiger partial charge in [-0.25, -0.2) is 0 Å². The Morgan fingerprint density at radius 1 is 0.955 bits per heavy atom. The molecular weight excluding hydrogens is 295 g/mol. The van der Waals surface area contributed by atoms with Crippen molar-refractivity contribution in [1.29, 1.82) is 0 Å². The zero-order chi connectivity index (χ0) is 15.7. The van der Waals surface area contributed by atoms with Crippen molar-refractivity contribution in [2.45, 2.75) is 6.36 Å². The summed E-state index contributed by atoms with van der Waals surface area (Å²) >= 11 is 0. The van der Waals surface area contributed by atoms with E-state index in [0.29, 0.717) is 0 Å². The van der Waals surface area contributed by atoms with Crippen molar-refractivity contribution in [3.05, 3.63) is 66.4 Å². The molecule has 0 amide bonds. The number of aromatic nitrogens is 1. The quantitative estimate of drug-likeness (QED) is 0.709. The predicted octanol–water partition coefficient (Wildman–Crippen LogP) is 4.23. The molecule has 0 saturated carbocycles. The average Bonchev–Trinajstić information content (AvgIpc) is 2.89. The van der Waals surface area contributed by atoms with E-state index < -0.39 is 6.36 Å². The van der Waals surface area contributed by atoms with E-state index in [1.54, 1.807) is 18.3 Å². The summed E-state index contributed by atoms with van der Waals surface area (Å²) in [5.41, 5.74) is 1.01. The smallest absolute Gasteiger partial charge is 0.406 e. The summed E-state index contributed by atoms with van der Waals surface area (Å²) in [4.78, 5) is 12.4. The minimum absolute atomic E-state index is 0.274. The van der Waals surface area contributed by atoms with Gasteiger partial charge < -0.3 is 4.74 Å². The van der Waals surface area contributed by atoms with E-state index in [-0.39, 0.29) is 17.2 Å². The Bertz CT molecular complexity index is 819. The number of nitrogens with zero attached hydrogens (tertiary/aromatic N) is 1. The first kappa shape index (κ1) is 14.2. The molecule has 0 aliphatic heterocycles. The van der Waals surface area contributed by atoms with E-state index in [2.05, 4.69) is 4.74 Å². The number of para-hydroxylation sites is 1. The lowest BCUT2D eigenvalue weighted by Crippen LogP contribution is -2.17. The van der Waals surface area contributed by atoms with Gasteiger partial charge in [-0.1, -0.05) is 18.2 Å². The highest BCUT2D eigenvalue weighted by molar-refractivity contribution is 6.02. The van der Waals surface area contributed by atoms with Crippen LogP contribution in [0.1, 0.15) is 10.4 Å². The van der Waals surface area contributed by atoms with Gasteiger partial charge >= 0.3 is 6.36 Å². The number of hydrogen-bond donors (Lipinski definition) is 0. The van der Waals surface area contributed by atoms with E-state index in [1.807, 2.05) is 18.2 Å². The largest absolute Gasteiger partial charge is 0.573 e. The lowest BCUT2D eigenvalue weighted by Gasteiger charge is -2.09. The fourth-order valence-electron chi connectivity index (χ4n) is 2.20. The average molecular weight is 305 g/mol. The van der Waals surface area contributed by atoms with Crippen LogP contribution in [-0.2, 0) is 0 Å². The summed E-state index contributed by atoms with van der Waals surface area (Å²) in [5, 5.41) is 0.910. The van der Waals surface area contributed by atoms with Crippen molar-refractivity contribution < 1.29 is 22.7 Å². The van der Waals surface area contributed by atoms with Crippen molar-refractivity contribution in [1.82, 2.24) is 4.57 Å². The molecule has 1 heterocycles. The number of fused-ring (bicyclic) bond motifs is 1. The van der Waals surface area contributed by atoms with Gasteiger partial charge in [0.05, 0.1) is 5.52 Å². The maximum absolute atomic E-state index is 12.4. The second kappa shape index (κ2) is 5.22. The molecule has 0 aliphatic rings. The van der Waals surface area contributed by atoms with Gasteiger partial charge in [0.2, 0.25) is 0 Å². The Morgan fingerprint density at radius 3 is 2.32 bits per heavy atom. The van der Waals surface area contributed by atoms with Crippen LogP contribution in [0, 0.1) is 0 Å². The minimum atomic E-state index is -4.75. The molecule has 3 aromatic rings. The summed E-state index contributed by atoms with van der Waals surface area (Å²) in [6.07, 6.45) is -3.12. The van der Waals surface area contributed by atoms with Crippen LogP contribution in [0.2, 0.25) is 0 Å². The first-order chi connectivity index (χ1) is 10.4. The molecule has 0 aliphatic carbocycles. The molecule has 0 fully saturated rings. The van der Waals surface area contributed by atoms with E-state index in [1.165, 1.54) is 16.7 Å². The Balaban J connectivity index is 1.89. The topological polar surface area (TPSA) is 31.2 Å². The second-order valence-electron chi connectivity index (χ2n) is 4.62. The van der Waals surface area contributed by atoms with Gasteiger partial charge in [-0.05, 0) is 36.4 Å². The number of carbonyl (C=O) groups is 1. The molecule has 112 valence electrons. The Morgan fingerprint density at radius 2 is 1.64 bits per heavy atom. The van der Waals surface area contributed by atoms with Crippen LogP contribution >= 0.6 is 0 Å². The van der Waals surface area contributed by atoms with Crippen LogP contribution in [0.15, 0.2) is 60.8 Å². The molecule has 0 bridgehead atoms. The predicted molar refractivity (Wildman–Crippen MR) is 74.8 cm³/mol. The molecule has 22 heavy (non-hydrogen) atoms. The van der Waals surface area contributed by atoms with Crippen molar-refractivity contribution in [3.8, 4) is 5.75 Å². The molecule has 0 saturated heterocycles. The highest BCUT2D eigenvalue weighted by Gasteiger charge is 2.31. The van der Waals surface area contributed by atoms with Crippen molar-refractivity contribution in [2.75, 3.05) is 0 Å². The van der Waals surface area contributed by atoms with Crippen LogP contribution in [-0.4, -0.2) is 16.8 Å². The summed E-state index contributed by atoms with van der Waals surface area (Å²) in [6.45, 7) is 0. The van der Waals surface area contributed by atoms with Gasteiger partial charge in [-0.15, -0.1) is 13.2 Å². The van der Waals surface area contributed by atoms with Crippen LogP contribution in [0.3, 0.4) is 0 Å². The van der Waals surface area contributed by atoms with Crippen LogP contribution in [0.5, 0.6) is 5.75 Å². The van der Waals surface area contributed by atoms with Gasteiger partial charge in [-0.2, -0.15) is 0 Å². The molecule has 3 nitrogen and oxygen atoms in total. The third kappa shape index (κ3) is 2.81. The Hall–Kier alpha value is -2.76. The van der Waals surface area contributed by atoms with Gasteiger partial charge in [0, 0.05) is 17.1 Å². The third-order valence-electron chi connectivity index (χ3n) is 3.15. The van der Waals surface area contributed by atoms with E-state index in [0.717, 1.165) is 23.0 Å². The van der Waals surface area contributed by atoms with Crippen LogP contribution in [0.4, 0.5) is 13.2 Å². The number of halogens is 3. The summed E-state index contributed by atoms with van der Waals surface area (Å²) < 4.78 is 41.5. The van der Waals surface area contributed by atoms with Crippen LogP contribution in [0.25, 0.3) is 10.9 Å². The first-order valence-electron chi connectivity index (χ1n) is 6.41. The van der Waals surface area contributed by atoms with Crippen LogP contribution < -0.4 is 4.74 Å². The maximum atomic E-state index is 12.4. The fraction of sp³-hybridized carbons (Fsp3) is 0.0625. The molecular formula is C16H10F3NO2. The maximum Gasteiger partial charge on any atom is 0.573 e. The molecule has 6 heteroatoms. The van der Waals surface area contributed by atoms with Gasteiger partial charge in [0.15, 0.2) is 0 Å². The molecule has 0 spiro atoms. The fourth-order valence-corrected chi connectivity index (χ4v) is 2.20. The van der Waals surface area contributed by atoms with Crippen molar-refractivity contribution in [2.24, 2.45) is 0 Å². The molecule has 0 radical (unpaired) electrons. The number of rotatable bonds is 2. The Kier molecular flexibility index (Phi) is 3.36. The van der Waals surface area contributed by atoms with Crippen molar-refractivity contribution in [3.63, 3.8) is 0 Å². The highest BCUT2D eigenvalue weighted by Crippen LogP contribution is 2.23. The lowest BCUT2D eigenvalue weighted by atomic mass is 10.2. The molecule has 1 aromatic heterocycles. The highest BCUT2D eigenvalue weighted by atomic mass is 19.4. The monoisotopic (exact) mass is 305 g/mol. The minimum Gasteiger partial charge on any atom is -0.406 e. The standard InChI is InChI=1S/C16H10F3NO2/c17-16(18,19)22-13-7-5-12(6-8-13)15(21)20-10-9-11-3-1-2-4-14(11)20/h1-10H.